The Labute approximate surface area is 182 Å². The number of nitrogens with one attached hydrogen (secondary N) is 1. The third kappa shape index (κ3) is 3.21. The Balaban J connectivity index is 1.91. The lowest BCUT2D eigenvalue weighted by Crippen LogP contribution is -2.46. The molecule has 1 unspecified atom stereocenters. The molecule has 0 saturated heterocycles. The molecule has 6 nitrogen and oxygen atoms in total. The molecular weight excluding hydrogens is 408 g/mol. The van der Waals surface area contributed by atoms with Crippen molar-refractivity contribution in [3.05, 3.63) is 81.3 Å². The van der Waals surface area contributed by atoms with E-state index in [0.717, 1.165) is 21.3 Å². The fourth-order valence-corrected chi connectivity index (χ4v) is 4.81. The van der Waals surface area contributed by atoms with Gasteiger partial charge in [-0.05, 0) is 50.4 Å². The van der Waals surface area contributed by atoms with Crippen LogP contribution < -0.4 is 10.9 Å². The minimum Gasteiger partial charge on any atom is -0.349 e. The quantitative estimate of drug-likeness (QED) is 0.462. The van der Waals surface area contributed by atoms with Crippen molar-refractivity contribution >= 4 is 44.7 Å². The van der Waals surface area contributed by atoms with Crippen LogP contribution >= 0.6 is 11.3 Å². The van der Waals surface area contributed by atoms with E-state index in [4.69, 9.17) is 0 Å². The fourth-order valence-electron chi connectivity index (χ4n) is 4.00. The molecule has 0 aliphatic rings. The van der Waals surface area contributed by atoms with Gasteiger partial charge in [-0.25, -0.2) is 4.52 Å². The summed E-state index contributed by atoms with van der Waals surface area (Å²) >= 11 is 1.47. The van der Waals surface area contributed by atoms with Crippen molar-refractivity contribution in [3.8, 4) is 0 Å². The lowest BCUT2D eigenvalue weighted by Gasteiger charge is -2.26. The van der Waals surface area contributed by atoms with E-state index in [1.807, 2.05) is 86.8 Å². The van der Waals surface area contributed by atoms with Crippen molar-refractivity contribution in [1.82, 2.24) is 19.5 Å². The Bertz CT molecular complexity index is 1490. The predicted molar refractivity (Wildman–Crippen MR) is 125 cm³/mol. The molecule has 31 heavy (non-hydrogen) atoms. The van der Waals surface area contributed by atoms with Gasteiger partial charge in [0.05, 0.1) is 16.6 Å². The molecular formula is C24H22N4O2S. The minimum absolute atomic E-state index is 0.213. The van der Waals surface area contributed by atoms with E-state index in [-0.39, 0.29) is 11.5 Å². The maximum absolute atomic E-state index is 14.0. The van der Waals surface area contributed by atoms with Crippen LogP contribution in [0.15, 0.2) is 70.8 Å². The average molecular weight is 431 g/mol. The zero-order valence-corrected chi connectivity index (χ0v) is 18.3. The van der Waals surface area contributed by atoms with Crippen molar-refractivity contribution < 1.29 is 4.79 Å². The number of carbonyl (C=O) groups excluding carboxylic acids is 1. The second-order valence-corrected chi connectivity index (χ2v) is 9.58. The highest BCUT2D eigenvalue weighted by atomic mass is 32.1. The summed E-state index contributed by atoms with van der Waals surface area (Å²) in [6.07, 6.45) is 0. The Morgan fingerprint density at radius 3 is 2.42 bits per heavy atom. The molecule has 1 N–H and O–H groups in total. The Morgan fingerprint density at radius 2 is 1.71 bits per heavy atom. The van der Waals surface area contributed by atoms with E-state index >= 15 is 0 Å². The number of carbonyl (C=O) groups is 1. The number of para-hydroxylation sites is 2. The van der Waals surface area contributed by atoms with Crippen molar-refractivity contribution in [2.75, 3.05) is 0 Å². The number of thiophene rings is 1. The molecule has 0 saturated carbocycles. The van der Waals surface area contributed by atoms with Crippen LogP contribution in [0, 0.1) is 0 Å². The van der Waals surface area contributed by atoms with Gasteiger partial charge in [0.1, 0.15) is 5.52 Å². The van der Waals surface area contributed by atoms with Gasteiger partial charge < -0.3 is 5.32 Å². The molecule has 7 heteroatoms. The maximum Gasteiger partial charge on any atom is 0.278 e. The van der Waals surface area contributed by atoms with Gasteiger partial charge in [0, 0.05) is 15.8 Å². The number of hydrogen-bond acceptors (Lipinski definition) is 4. The third-order valence-electron chi connectivity index (χ3n) is 5.19. The SMILES string of the molecule is CC(C)(C)NC(=O)C(c1cccs1)n1c(=O)c2c3ccccc3nn2c2ccccc21. The van der Waals surface area contributed by atoms with Gasteiger partial charge in [0.25, 0.3) is 5.56 Å². The number of nitrogens with zero attached hydrogens (tertiary/aromatic N) is 3. The first-order valence-electron chi connectivity index (χ1n) is 10.1. The molecule has 156 valence electrons. The number of benzene rings is 2. The minimum atomic E-state index is -0.782. The molecule has 3 aromatic heterocycles. The van der Waals surface area contributed by atoms with Gasteiger partial charge in [0.15, 0.2) is 6.04 Å². The number of aromatic nitrogens is 3. The lowest BCUT2D eigenvalue weighted by atomic mass is 10.1. The lowest BCUT2D eigenvalue weighted by molar-refractivity contribution is -0.124. The topological polar surface area (TPSA) is 68.4 Å². The molecule has 1 amide bonds. The molecule has 0 aliphatic carbocycles. The summed E-state index contributed by atoms with van der Waals surface area (Å²) in [5.74, 6) is -0.213. The first kappa shape index (κ1) is 19.5. The van der Waals surface area contributed by atoms with Crippen LogP contribution in [0.1, 0.15) is 31.7 Å². The zero-order chi connectivity index (χ0) is 21.8. The molecule has 0 spiro atoms. The molecule has 0 bridgehead atoms. The van der Waals surface area contributed by atoms with Crippen LogP contribution in [0.2, 0.25) is 0 Å². The third-order valence-corrected chi connectivity index (χ3v) is 6.11. The van der Waals surface area contributed by atoms with Crippen LogP contribution in [0.5, 0.6) is 0 Å². The van der Waals surface area contributed by atoms with Crippen LogP contribution in [0.4, 0.5) is 0 Å². The van der Waals surface area contributed by atoms with Crippen LogP contribution in [-0.2, 0) is 4.79 Å². The molecule has 0 aliphatic heterocycles. The van der Waals surface area contributed by atoms with Gasteiger partial charge in [-0.15, -0.1) is 11.3 Å². The first-order valence-corrected chi connectivity index (χ1v) is 11.0. The van der Waals surface area contributed by atoms with Crippen LogP contribution in [0.3, 0.4) is 0 Å². The summed E-state index contributed by atoms with van der Waals surface area (Å²) in [6.45, 7) is 5.81. The van der Waals surface area contributed by atoms with Crippen LogP contribution in [-0.4, -0.2) is 25.6 Å². The molecule has 0 fully saturated rings. The number of fused-ring (bicyclic) bond motifs is 5. The van der Waals surface area contributed by atoms with Gasteiger partial charge in [-0.3, -0.25) is 14.2 Å². The number of rotatable bonds is 3. The Kier molecular flexibility index (Phi) is 4.44. The molecule has 3 heterocycles. The van der Waals surface area contributed by atoms with E-state index in [1.54, 1.807) is 9.08 Å². The molecule has 2 aromatic carbocycles. The summed E-state index contributed by atoms with van der Waals surface area (Å²) < 4.78 is 3.32. The van der Waals surface area contributed by atoms with Crippen LogP contribution in [0.25, 0.3) is 27.5 Å². The summed E-state index contributed by atoms with van der Waals surface area (Å²) in [5, 5.41) is 10.4. The highest BCUT2D eigenvalue weighted by Crippen LogP contribution is 2.29. The second kappa shape index (κ2) is 7.06. The normalized spacial score (nSPS) is 13.1. The largest absolute Gasteiger partial charge is 0.349 e. The van der Waals surface area contributed by atoms with Gasteiger partial charge in [-0.1, -0.05) is 36.4 Å². The zero-order valence-electron chi connectivity index (χ0n) is 17.5. The summed E-state index contributed by atoms with van der Waals surface area (Å²) in [7, 11) is 0. The average Bonchev–Trinajstić information content (AvgIpc) is 3.37. The Hall–Kier alpha value is -3.45. The summed E-state index contributed by atoms with van der Waals surface area (Å²) in [5.41, 5.74) is 1.98. The highest BCUT2D eigenvalue weighted by Gasteiger charge is 2.30. The predicted octanol–water partition coefficient (Wildman–Crippen LogP) is 4.37. The van der Waals surface area contributed by atoms with E-state index in [0.29, 0.717) is 11.0 Å². The first-order chi connectivity index (χ1) is 14.8. The van der Waals surface area contributed by atoms with Crippen molar-refractivity contribution in [3.63, 3.8) is 0 Å². The number of amides is 1. The van der Waals surface area contributed by atoms with E-state index < -0.39 is 11.6 Å². The monoisotopic (exact) mass is 430 g/mol. The van der Waals surface area contributed by atoms with E-state index in [1.165, 1.54) is 11.3 Å². The summed E-state index contributed by atoms with van der Waals surface area (Å²) in [4.78, 5) is 28.3. The molecule has 0 radical (unpaired) electrons. The van der Waals surface area contributed by atoms with E-state index in [2.05, 4.69) is 10.4 Å². The maximum atomic E-state index is 14.0. The summed E-state index contributed by atoms with van der Waals surface area (Å²) in [6, 6.07) is 18.2. The van der Waals surface area contributed by atoms with Crippen molar-refractivity contribution in [2.45, 2.75) is 32.4 Å². The highest BCUT2D eigenvalue weighted by molar-refractivity contribution is 7.10. The van der Waals surface area contributed by atoms with Crippen molar-refractivity contribution in [2.24, 2.45) is 0 Å². The molecule has 1 atom stereocenters. The molecule has 5 aromatic rings. The smallest absolute Gasteiger partial charge is 0.278 e. The second-order valence-electron chi connectivity index (χ2n) is 8.60. The number of hydrogen-bond donors (Lipinski definition) is 1. The standard InChI is InChI=1S/C24H22N4O2S/c1-24(2,3)25-22(29)21(19-13-8-14-31-19)27-17-11-6-7-12-18(17)28-20(23(27)30)15-9-4-5-10-16(15)26-28/h4-14,21H,1-3H3,(H,25,29). The molecule has 5 rings (SSSR count). The van der Waals surface area contributed by atoms with Gasteiger partial charge >= 0.3 is 0 Å². The van der Waals surface area contributed by atoms with Gasteiger partial charge in [0.2, 0.25) is 5.91 Å². The van der Waals surface area contributed by atoms with Gasteiger partial charge in [-0.2, -0.15) is 5.10 Å². The fraction of sp³-hybridized carbons (Fsp3) is 0.208. The Morgan fingerprint density at radius 1 is 1.00 bits per heavy atom. The van der Waals surface area contributed by atoms with E-state index in [9.17, 15) is 9.59 Å². The van der Waals surface area contributed by atoms with Crippen molar-refractivity contribution in [1.29, 1.82) is 0 Å².